The zero-order valence-corrected chi connectivity index (χ0v) is 12.5. The van der Waals surface area contributed by atoms with Crippen LogP contribution in [-0.2, 0) is 6.42 Å². The van der Waals surface area contributed by atoms with Crippen molar-refractivity contribution in [1.29, 1.82) is 5.26 Å². The molecule has 2 aromatic heterocycles. The van der Waals surface area contributed by atoms with Crippen LogP contribution in [-0.4, -0.2) is 11.0 Å². The minimum absolute atomic E-state index is 0.226. The standard InChI is InChI=1S/C17H15N3S/c1-12(9-15-6-4-8-21-15)19-17-14(11-18)10-13-5-2-3-7-16(13)20-17/h2-8,10,12H,9H2,1H3,(H,19,20). The molecule has 21 heavy (non-hydrogen) atoms. The van der Waals surface area contributed by atoms with E-state index < -0.39 is 0 Å². The lowest BCUT2D eigenvalue weighted by atomic mass is 10.1. The number of fused-ring (bicyclic) bond motifs is 1. The summed E-state index contributed by atoms with van der Waals surface area (Å²) in [6.07, 6.45) is 0.928. The highest BCUT2D eigenvalue weighted by atomic mass is 32.1. The van der Waals surface area contributed by atoms with Gasteiger partial charge in [0.1, 0.15) is 11.9 Å². The summed E-state index contributed by atoms with van der Waals surface area (Å²) in [5, 5.41) is 15.8. The van der Waals surface area contributed by atoms with E-state index in [-0.39, 0.29) is 6.04 Å². The summed E-state index contributed by atoms with van der Waals surface area (Å²) < 4.78 is 0. The summed E-state index contributed by atoms with van der Waals surface area (Å²) in [5.74, 6) is 0.667. The van der Waals surface area contributed by atoms with Gasteiger partial charge in [-0.05, 0) is 30.5 Å². The fraction of sp³-hybridized carbons (Fsp3) is 0.176. The number of nitrogens with zero attached hydrogens (tertiary/aromatic N) is 2. The fourth-order valence-corrected chi connectivity index (χ4v) is 3.16. The molecule has 1 N–H and O–H groups in total. The second-order valence-corrected chi connectivity index (χ2v) is 6.05. The van der Waals surface area contributed by atoms with Gasteiger partial charge in [0.15, 0.2) is 0 Å². The van der Waals surface area contributed by atoms with E-state index >= 15 is 0 Å². The Labute approximate surface area is 127 Å². The van der Waals surface area contributed by atoms with E-state index in [0.29, 0.717) is 11.4 Å². The number of anilines is 1. The molecule has 0 amide bonds. The third-order valence-corrected chi connectivity index (χ3v) is 4.21. The largest absolute Gasteiger partial charge is 0.366 e. The highest BCUT2D eigenvalue weighted by molar-refractivity contribution is 7.09. The van der Waals surface area contributed by atoms with Crippen LogP contribution in [0.5, 0.6) is 0 Å². The van der Waals surface area contributed by atoms with E-state index in [1.807, 2.05) is 30.3 Å². The minimum atomic E-state index is 0.226. The first-order valence-corrected chi connectivity index (χ1v) is 7.73. The van der Waals surface area contributed by atoms with Gasteiger partial charge in [0.2, 0.25) is 0 Å². The Balaban J connectivity index is 1.87. The average Bonchev–Trinajstić information content (AvgIpc) is 2.99. The number of aromatic nitrogens is 1. The quantitative estimate of drug-likeness (QED) is 0.784. The molecule has 3 nitrogen and oxygen atoms in total. The maximum atomic E-state index is 9.32. The summed E-state index contributed by atoms with van der Waals surface area (Å²) in [6, 6.07) is 16.4. The summed E-state index contributed by atoms with van der Waals surface area (Å²) in [6.45, 7) is 2.11. The van der Waals surface area contributed by atoms with E-state index in [2.05, 4.69) is 40.8 Å². The van der Waals surface area contributed by atoms with E-state index in [9.17, 15) is 5.26 Å². The highest BCUT2D eigenvalue weighted by Crippen LogP contribution is 2.21. The molecule has 1 aromatic carbocycles. The van der Waals surface area contributed by atoms with Crippen molar-refractivity contribution in [3.05, 3.63) is 58.3 Å². The average molecular weight is 293 g/mol. The van der Waals surface area contributed by atoms with Gasteiger partial charge in [0, 0.05) is 22.7 Å². The zero-order chi connectivity index (χ0) is 14.7. The van der Waals surface area contributed by atoms with Gasteiger partial charge >= 0.3 is 0 Å². The minimum Gasteiger partial charge on any atom is -0.366 e. The Morgan fingerprint density at radius 1 is 1.29 bits per heavy atom. The van der Waals surface area contributed by atoms with Crippen LogP contribution in [0.3, 0.4) is 0 Å². The molecule has 0 aliphatic heterocycles. The lowest BCUT2D eigenvalue weighted by Gasteiger charge is -2.15. The van der Waals surface area contributed by atoms with Crippen molar-refractivity contribution in [3.63, 3.8) is 0 Å². The van der Waals surface area contributed by atoms with Crippen molar-refractivity contribution in [1.82, 2.24) is 4.98 Å². The lowest BCUT2D eigenvalue weighted by molar-refractivity contribution is 0.795. The van der Waals surface area contributed by atoms with Gasteiger partial charge in [-0.1, -0.05) is 24.3 Å². The summed E-state index contributed by atoms with van der Waals surface area (Å²) in [5.41, 5.74) is 1.49. The van der Waals surface area contributed by atoms with Crippen LogP contribution >= 0.6 is 11.3 Å². The van der Waals surface area contributed by atoms with E-state index in [1.54, 1.807) is 11.3 Å². The molecule has 0 spiro atoms. The van der Waals surface area contributed by atoms with Crippen LogP contribution in [0.25, 0.3) is 10.9 Å². The molecule has 2 heterocycles. The molecule has 4 heteroatoms. The first-order chi connectivity index (χ1) is 10.3. The van der Waals surface area contributed by atoms with Crippen molar-refractivity contribution in [3.8, 4) is 6.07 Å². The molecule has 0 fully saturated rings. The van der Waals surface area contributed by atoms with Crippen molar-refractivity contribution < 1.29 is 0 Å². The van der Waals surface area contributed by atoms with Crippen LogP contribution in [0, 0.1) is 11.3 Å². The number of nitrogens with one attached hydrogen (secondary N) is 1. The number of nitriles is 1. The molecule has 0 aliphatic rings. The molecule has 3 rings (SSSR count). The van der Waals surface area contributed by atoms with Gasteiger partial charge < -0.3 is 5.32 Å². The number of para-hydroxylation sites is 1. The Hall–Kier alpha value is -2.38. The summed E-state index contributed by atoms with van der Waals surface area (Å²) in [7, 11) is 0. The number of rotatable bonds is 4. The van der Waals surface area contributed by atoms with E-state index in [4.69, 9.17) is 0 Å². The number of hydrogen-bond donors (Lipinski definition) is 1. The van der Waals surface area contributed by atoms with E-state index in [0.717, 1.165) is 17.3 Å². The molecule has 0 aliphatic carbocycles. The van der Waals surface area contributed by atoms with Crippen molar-refractivity contribution in [2.75, 3.05) is 5.32 Å². The Morgan fingerprint density at radius 3 is 2.90 bits per heavy atom. The first-order valence-electron chi connectivity index (χ1n) is 6.85. The second kappa shape index (κ2) is 5.94. The molecular weight excluding hydrogens is 278 g/mol. The van der Waals surface area contributed by atoms with Crippen LogP contribution in [0.4, 0.5) is 5.82 Å². The molecule has 0 bridgehead atoms. The number of benzene rings is 1. The van der Waals surface area contributed by atoms with Gasteiger partial charge in [0.25, 0.3) is 0 Å². The number of hydrogen-bond acceptors (Lipinski definition) is 4. The molecule has 0 saturated heterocycles. The van der Waals surface area contributed by atoms with Gasteiger partial charge in [0.05, 0.1) is 11.1 Å². The second-order valence-electron chi connectivity index (χ2n) is 5.02. The molecular formula is C17H15N3S. The van der Waals surface area contributed by atoms with Crippen LogP contribution in [0.1, 0.15) is 17.4 Å². The van der Waals surface area contributed by atoms with Crippen LogP contribution in [0.2, 0.25) is 0 Å². The molecule has 3 aromatic rings. The lowest BCUT2D eigenvalue weighted by Crippen LogP contribution is -2.19. The Bertz CT molecular complexity index is 787. The summed E-state index contributed by atoms with van der Waals surface area (Å²) >= 11 is 1.75. The zero-order valence-electron chi connectivity index (χ0n) is 11.7. The Kier molecular flexibility index (Phi) is 3.85. The van der Waals surface area contributed by atoms with Gasteiger partial charge in [-0.25, -0.2) is 4.98 Å². The molecule has 0 saturated carbocycles. The fourth-order valence-electron chi connectivity index (χ4n) is 2.33. The van der Waals surface area contributed by atoms with Crippen LogP contribution < -0.4 is 5.32 Å². The van der Waals surface area contributed by atoms with Crippen molar-refractivity contribution in [2.24, 2.45) is 0 Å². The van der Waals surface area contributed by atoms with Gasteiger partial charge in [-0.2, -0.15) is 5.26 Å². The van der Waals surface area contributed by atoms with Gasteiger partial charge in [-0.3, -0.25) is 0 Å². The molecule has 104 valence electrons. The predicted molar refractivity (Wildman–Crippen MR) is 87.6 cm³/mol. The number of pyridine rings is 1. The van der Waals surface area contributed by atoms with Crippen molar-refractivity contribution >= 4 is 28.1 Å². The normalized spacial score (nSPS) is 12.0. The van der Waals surface area contributed by atoms with Crippen molar-refractivity contribution in [2.45, 2.75) is 19.4 Å². The number of thiophene rings is 1. The third kappa shape index (κ3) is 3.04. The highest BCUT2D eigenvalue weighted by Gasteiger charge is 2.10. The van der Waals surface area contributed by atoms with E-state index in [1.165, 1.54) is 4.88 Å². The predicted octanol–water partition coefficient (Wildman–Crippen LogP) is 4.21. The SMILES string of the molecule is CC(Cc1cccs1)Nc1nc2ccccc2cc1C#N. The first kappa shape index (κ1) is 13.6. The maximum Gasteiger partial charge on any atom is 0.144 e. The topological polar surface area (TPSA) is 48.7 Å². The monoisotopic (exact) mass is 293 g/mol. The van der Waals surface area contributed by atoms with Crippen LogP contribution in [0.15, 0.2) is 47.8 Å². The maximum absolute atomic E-state index is 9.32. The molecule has 1 unspecified atom stereocenters. The smallest absolute Gasteiger partial charge is 0.144 e. The van der Waals surface area contributed by atoms with Gasteiger partial charge in [-0.15, -0.1) is 11.3 Å². The Morgan fingerprint density at radius 2 is 2.14 bits per heavy atom. The summed E-state index contributed by atoms with van der Waals surface area (Å²) in [4.78, 5) is 5.91. The third-order valence-electron chi connectivity index (χ3n) is 3.32. The molecule has 1 atom stereocenters. The molecule has 0 radical (unpaired) electrons.